The second-order valence-electron chi connectivity index (χ2n) is 5.86. The van der Waals surface area contributed by atoms with Gasteiger partial charge in [0.1, 0.15) is 16.2 Å². The van der Waals surface area contributed by atoms with Crippen LogP contribution in [0.1, 0.15) is 0 Å². The third kappa shape index (κ3) is 2.65. The van der Waals surface area contributed by atoms with Crippen LogP contribution in [0.5, 0.6) is 0 Å². The van der Waals surface area contributed by atoms with Crippen molar-refractivity contribution in [2.24, 2.45) is 0 Å². The Bertz CT molecular complexity index is 1300. The van der Waals surface area contributed by atoms with Crippen molar-refractivity contribution in [1.82, 2.24) is 24.7 Å². The van der Waals surface area contributed by atoms with E-state index >= 15 is 0 Å². The van der Waals surface area contributed by atoms with Crippen LogP contribution in [0.3, 0.4) is 0 Å². The molecule has 0 aliphatic rings. The molecule has 8 heteroatoms. The largest absolute Gasteiger partial charge is 0.306 e. The van der Waals surface area contributed by atoms with Crippen LogP contribution in [0.15, 0.2) is 64.4 Å². The minimum absolute atomic E-state index is 0.199. The molecule has 0 bridgehead atoms. The molecule has 132 valence electrons. The first-order chi connectivity index (χ1) is 13.2. The van der Waals surface area contributed by atoms with Gasteiger partial charge in [-0.15, -0.1) is 11.8 Å². The summed E-state index contributed by atoms with van der Waals surface area (Å²) in [5, 5.41) is 6.43. The Kier molecular flexibility index (Phi) is 3.80. The van der Waals surface area contributed by atoms with Gasteiger partial charge in [-0.3, -0.25) is 4.79 Å². The van der Waals surface area contributed by atoms with Crippen LogP contribution in [-0.2, 0) is 0 Å². The van der Waals surface area contributed by atoms with E-state index in [0.29, 0.717) is 27.0 Å². The van der Waals surface area contributed by atoms with Crippen molar-refractivity contribution in [1.29, 1.82) is 0 Å². The maximum absolute atomic E-state index is 12.8. The van der Waals surface area contributed by atoms with E-state index in [1.54, 1.807) is 4.68 Å². The van der Waals surface area contributed by atoms with Gasteiger partial charge in [-0.1, -0.05) is 53.8 Å². The summed E-state index contributed by atoms with van der Waals surface area (Å²) in [7, 11) is 0. The first kappa shape index (κ1) is 16.2. The van der Waals surface area contributed by atoms with Crippen molar-refractivity contribution in [3.05, 3.63) is 65.0 Å². The lowest BCUT2D eigenvalue weighted by Gasteiger charge is -2.02. The highest BCUT2D eigenvalue weighted by atomic mass is 32.2. The van der Waals surface area contributed by atoms with Gasteiger partial charge in [0.25, 0.3) is 5.56 Å². The van der Waals surface area contributed by atoms with Gasteiger partial charge in [0.2, 0.25) is 5.13 Å². The van der Waals surface area contributed by atoms with Gasteiger partial charge in [0.05, 0.1) is 10.2 Å². The number of thioether (sulfide) groups is 1. The molecule has 27 heavy (non-hydrogen) atoms. The zero-order chi connectivity index (χ0) is 18.4. The lowest BCUT2D eigenvalue weighted by molar-refractivity contribution is 0.846. The van der Waals surface area contributed by atoms with Crippen LogP contribution in [-0.4, -0.2) is 31.0 Å². The van der Waals surface area contributed by atoms with Crippen molar-refractivity contribution in [2.45, 2.75) is 5.03 Å². The number of hydrogen-bond donors (Lipinski definition) is 1. The molecule has 5 aromatic rings. The number of nitrogens with zero attached hydrogens (tertiary/aromatic N) is 4. The summed E-state index contributed by atoms with van der Waals surface area (Å²) in [6.07, 6.45) is 1.90. The van der Waals surface area contributed by atoms with Gasteiger partial charge in [0, 0.05) is 5.56 Å². The van der Waals surface area contributed by atoms with Crippen molar-refractivity contribution < 1.29 is 0 Å². The maximum atomic E-state index is 12.8. The summed E-state index contributed by atoms with van der Waals surface area (Å²) >= 11 is 2.95. The summed E-state index contributed by atoms with van der Waals surface area (Å²) < 4.78 is 2.74. The Hall–Kier alpha value is -2.97. The summed E-state index contributed by atoms with van der Waals surface area (Å²) in [4.78, 5) is 25.1. The average molecular weight is 391 g/mol. The monoisotopic (exact) mass is 391 g/mol. The van der Waals surface area contributed by atoms with Crippen LogP contribution in [0, 0.1) is 0 Å². The predicted molar refractivity (Wildman–Crippen MR) is 110 cm³/mol. The van der Waals surface area contributed by atoms with Gasteiger partial charge in [0.15, 0.2) is 5.65 Å². The molecule has 0 aliphatic carbocycles. The molecule has 0 saturated carbocycles. The second kappa shape index (κ2) is 6.33. The van der Waals surface area contributed by atoms with Crippen LogP contribution >= 0.6 is 23.1 Å². The zero-order valence-corrected chi connectivity index (χ0v) is 15.8. The second-order valence-corrected chi connectivity index (χ2v) is 7.67. The van der Waals surface area contributed by atoms with Crippen LogP contribution in [0.2, 0.25) is 0 Å². The Labute approximate surface area is 161 Å². The zero-order valence-electron chi connectivity index (χ0n) is 14.2. The first-order valence-corrected chi connectivity index (χ1v) is 10.3. The Morgan fingerprint density at radius 1 is 1.04 bits per heavy atom. The number of fused-ring (bicyclic) bond motifs is 2. The molecule has 0 spiro atoms. The van der Waals surface area contributed by atoms with Gasteiger partial charge in [-0.05, 0) is 18.4 Å². The smallest absolute Gasteiger partial charge is 0.263 e. The molecule has 0 atom stereocenters. The fourth-order valence-corrected chi connectivity index (χ4v) is 4.43. The average Bonchev–Trinajstić information content (AvgIpc) is 3.29. The van der Waals surface area contributed by atoms with Gasteiger partial charge in [-0.2, -0.15) is 9.78 Å². The molecule has 0 saturated heterocycles. The van der Waals surface area contributed by atoms with Crippen molar-refractivity contribution in [3.63, 3.8) is 0 Å². The minimum Gasteiger partial charge on any atom is -0.306 e. The van der Waals surface area contributed by atoms with E-state index in [-0.39, 0.29) is 5.56 Å². The Balaban J connectivity index is 1.81. The van der Waals surface area contributed by atoms with Crippen molar-refractivity contribution in [2.75, 3.05) is 6.26 Å². The highest BCUT2D eigenvalue weighted by Gasteiger charge is 2.20. The van der Waals surface area contributed by atoms with Gasteiger partial charge >= 0.3 is 0 Å². The number of nitrogens with one attached hydrogen (secondary N) is 1. The maximum Gasteiger partial charge on any atom is 0.263 e. The molecule has 3 aromatic heterocycles. The molecule has 0 radical (unpaired) electrons. The third-order valence-electron chi connectivity index (χ3n) is 4.21. The SMILES string of the molecule is CSc1nn(-c2nc3ccccc3s2)c2nc(-c3ccccc3)[nH]c(=O)c12. The Morgan fingerprint density at radius 2 is 1.81 bits per heavy atom. The number of aromatic nitrogens is 5. The van der Waals surface area contributed by atoms with Gasteiger partial charge < -0.3 is 4.98 Å². The van der Waals surface area contributed by atoms with E-state index in [1.807, 2.05) is 60.9 Å². The van der Waals surface area contributed by atoms with Gasteiger partial charge in [-0.25, -0.2) is 9.97 Å². The molecule has 0 aliphatic heterocycles. The number of para-hydroxylation sites is 1. The van der Waals surface area contributed by atoms with Crippen LogP contribution in [0.25, 0.3) is 37.8 Å². The topological polar surface area (TPSA) is 76.5 Å². The first-order valence-electron chi connectivity index (χ1n) is 8.23. The van der Waals surface area contributed by atoms with Crippen molar-refractivity contribution in [3.8, 4) is 16.5 Å². The molecule has 0 unspecified atom stereocenters. The molecule has 1 N–H and O–H groups in total. The Morgan fingerprint density at radius 3 is 2.59 bits per heavy atom. The molecule has 5 rings (SSSR count). The summed E-state index contributed by atoms with van der Waals surface area (Å²) in [6.45, 7) is 0. The van der Waals surface area contributed by atoms with E-state index in [0.717, 1.165) is 15.8 Å². The molecular weight excluding hydrogens is 378 g/mol. The predicted octanol–water partition coefficient (Wildman–Crippen LogP) is 4.11. The lowest BCUT2D eigenvalue weighted by atomic mass is 10.2. The lowest BCUT2D eigenvalue weighted by Crippen LogP contribution is -2.10. The summed E-state index contributed by atoms with van der Waals surface area (Å²) in [5.41, 5.74) is 2.07. The molecule has 0 amide bonds. The number of hydrogen-bond acceptors (Lipinski definition) is 6. The number of rotatable bonds is 3. The highest BCUT2D eigenvalue weighted by Crippen LogP contribution is 2.29. The van der Waals surface area contributed by atoms with Crippen LogP contribution < -0.4 is 5.56 Å². The van der Waals surface area contributed by atoms with Crippen LogP contribution in [0.4, 0.5) is 0 Å². The van der Waals surface area contributed by atoms with E-state index in [4.69, 9.17) is 4.98 Å². The quantitative estimate of drug-likeness (QED) is 0.469. The molecule has 3 heterocycles. The summed E-state index contributed by atoms with van der Waals surface area (Å²) in [6, 6.07) is 17.5. The number of aromatic amines is 1. The van der Waals surface area contributed by atoms with E-state index < -0.39 is 0 Å². The van der Waals surface area contributed by atoms with E-state index in [9.17, 15) is 4.79 Å². The summed E-state index contributed by atoms with van der Waals surface area (Å²) in [5.74, 6) is 0.517. The fourth-order valence-electron chi connectivity index (χ4n) is 2.96. The molecule has 2 aromatic carbocycles. The molecule has 0 fully saturated rings. The molecule has 6 nitrogen and oxygen atoms in total. The van der Waals surface area contributed by atoms with Crippen molar-refractivity contribution >= 4 is 44.3 Å². The minimum atomic E-state index is -0.199. The standard InChI is InChI=1S/C19H13N5OS2/c1-26-18-14-16(21-15(22-17(14)25)11-7-3-2-4-8-11)24(23-18)19-20-12-9-5-6-10-13(12)27-19/h2-10H,1H3,(H,21,22,25). The number of benzene rings is 2. The fraction of sp³-hybridized carbons (Fsp3) is 0.0526. The van der Waals surface area contributed by atoms with E-state index in [1.165, 1.54) is 23.1 Å². The number of thiazole rings is 1. The normalized spacial score (nSPS) is 11.4. The number of H-pyrrole nitrogens is 1. The highest BCUT2D eigenvalue weighted by molar-refractivity contribution is 7.98. The molecular formula is C19H13N5OS2. The van der Waals surface area contributed by atoms with E-state index in [2.05, 4.69) is 15.1 Å². The third-order valence-corrected chi connectivity index (χ3v) is 5.89.